The van der Waals surface area contributed by atoms with Crippen LogP contribution in [0.25, 0.3) is 0 Å². The first-order valence-electron chi connectivity index (χ1n) is 10.1. The summed E-state index contributed by atoms with van der Waals surface area (Å²) in [5, 5.41) is 0. The van der Waals surface area contributed by atoms with Crippen LogP contribution in [0.3, 0.4) is 0 Å². The van der Waals surface area contributed by atoms with Crippen molar-refractivity contribution in [2.75, 3.05) is 40.5 Å². The normalized spacial score (nSPS) is 17.2. The third-order valence-electron chi connectivity index (χ3n) is 5.98. The molecule has 0 fully saturated rings. The molecule has 0 aliphatic heterocycles. The van der Waals surface area contributed by atoms with Crippen LogP contribution in [0.1, 0.15) is 67.7 Å². The maximum atomic E-state index is 13.0. The second-order valence-electron chi connectivity index (χ2n) is 9.34. The van der Waals surface area contributed by atoms with Gasteiger partial charge < -0.3 is 14.5 Å². The molecule has 1 N–H and O–H groups in total. The summed E-state index contributed by atoms with van der Waals surface area (Å²) < 4.78 is 27.1. The van der Waals surface area contributed by atoms with Gasteiger partial charge in [-0.05, 0) is 44.7 Å². The lowest BCUT2D eigenvalue weighted by molar-refractivity contribution is -0.167. The van der Waals surface area contributed by atoms with Gasteiger partial charge in [0.25, 0.3) is 0 Å². The molecule has 0 heterocycles. The highest BCUT2D eigenvalue weighted by Gasteiger charge is 2.49. The second-order valence-corrected chi connectivity index (χ2v) is 10.8. The molecule has 0 radical (unpaired) electrons. The van der Waals surface area contributed by atoms with Crippen LogP contribution < -0.4 is 0 Å². The Hall–Kier alpha value is -0.460. The van der Waals surface area contributed by atoms with E-state index in [0.29, 0.717) is 13.0 Å². The van der Waals surface area contributed by atoms with E-state index in [2.05, 4.69) is 41.5 Å². The maximum Gasteiger partial charge on any atom is 0.472 e. The van der Waals surface area contributed by atoms with Gasteiger partial charge in [0.15, 0.2) is 0 Å². The van der Waals surface area contributed by atoms with Crippen LogP contribution in [-0.4, -0.2) is 56.2 Å². The lowest BCUT2D eigenvalue weighted by Gasteiger charge is -2.45. The molecule has 0 aliphatic carbocycles. The molecule has 168 valence electrons. The SMILES string of the molecule is CCC(C)(C)CC(C)(C(=O)OCCOP(=O)(O)OCCN(C)C)C(C)(C)CC. The zero-order valence-electron chi connectivity index (χ0n) is 19.3. The zero-order valence-corrected chi connectivity index (χ0v) is 20.2. The third-order valence-corrected chi connectivity index (χ3v) is 7.00. The number of esters is 1. The van der Waals surface area contributed by atoms with Gasteiger partial charge >= 0.3 is 13.8 Å². The number of carbonyl (C=O) groups is 1. The molecular weight excluding hydrogens is 381 g/mol. The Kier molecular flexibility index (Phi) is 10.9. The van der Waals surface area contributed by atoms with Gasteiger partial charge in [-0.15, -0.1) is 0 Å². The Bertz CT molecular complexity index is 535. The molecule has 2 atom stereocenters. The highest BCUT2D eigenvalue weighted by Crippen LogP contribution is 2.50. The first-order valence-corrected chi connectivity index (χ1v) is 11.6. The number of hydrogen-bond acceptors (Lipinski definition) is 6. The molecule has 0 aromatic heterocycles. The van der Waals surface area contributed by atoms with Crippen LogP contribution in [0.4, 0.5) is 0 Å². The highest BCUT2D eigenvalue weighted by atomic mass is 31.2. The Morgan fingerprint density at radius 1 is 0.964 bits per heavy atom. The fourth-order valence-electron chi connectivity index (χ4n) is 2.88. The van der Waals surface area contributed by atoms with Crippen molar-refractivity contribution < 1.29 is 28.0 Å². The summed E-state index contributed by atoms with van der Waals surface area (Å²) >= 11 is 0. The Labute approximate surface area is 171 Å². The lowest BCUT2D eigenvalue weighted by Crippen LogP contribution is -2.46. The predicted octanol–water partition coefficient (Wildman–Crippen LogP) is 4.49. The molecule has 0 rings (SSSR count). The average molecular weight is 424 g/mol. The number of phosphoric acid groups is 1. The van der Waals surface area contributed by atoms with Gasteiger partial charge in [0.2, 0.25) is 0 Å². The van der Waals surface area contributed by atoms with Gasteiger partial charge in [-0.25, -0.2) is 4.57 Å². The van der Waals surface area contributed by atoms with Crippen molar-refractivity contribution in [1.82, 2.24) is 4.90 Å². The van der Waals surface area contributed by atoms with E-state index in [-0.39, 0.29) is 36.6 Å². The summed E-state index contributed by atoms with van der Waals surface area (Å²) in [7, 11) is -0.476. The molecular formula is C20H42NO6P. The number of rotatable bonds is 14. The van der Waals surface area contributed by atoms with Gasteiger partial charge in [0.05, 0.1) is 18.6 Å². The standard InChI is InChI=1S/C20H42NO6P/c1-10-18(3,4)16-20(7,19(5,6)11-2)17(22)25-14-15-27-28(23,24)26-13-12-21(8)9/h10-16H2,1-9H3,(H,23,24). The van der Waals surface area contributed by atoms with Gasteiger partial charge in [0, 0.05) is 6.54 Å². The second kappa shape index (κ2) is 11.1. The van der Waals surface area contributed by atoms with Gasteiger partial charge in [-0.1, -0.05) is 48.0 Å². The Morgan fingerprint density at radius 2 is 1.50 bits per heavy atom. The molecule has 0 aromatic rings. The zero-order chi connectivity index (χ0) is 22.2. The molecule has 8 heteroatoms. The van der Waals surface area contributed by atoms with Crippen LogP contribution in [0.5, 0.6) is 0 Å². The predicted molar refractivity (Wildman–Crippen MR) is 112 cm³/mol. The van der Waals surface area contributed by atoms with E-state index in [1.54, 1.807) is 0 Å². The molecule has 0 amide bonds. The molecule has 0 saturated carbocycles. The highest BCUT2D eigenvalue weighted by molar-refractivity contribution is 7.47. The summed E-state index contributed by atoms with van der Waals surface area (Å²) in [5.74, 6) is -0.300. The number of phosphoric ester groups is 1. The van der Waals surface area contributed by atoms with Crippen molar-refractivity contribution >= 4 is 13.8 Å². The Balaban J connectivity index is 4.83. The van der Waals surface area contributed by atoms with E-state index in [9.17, 15) is 14.3 Å². The maximum absolute atomic E-state index is 13.0. The fraction of sp³-hybridized carbons (Fsp3) is 0.950. The monoisotopic (exact) mass is 423 g/mol. The number of carbonyl (C=O) groups excluding carboxylic acids is 1. The van der Waals surface area contributed by atoms with Crippen molar-refractivity contribution in [3.05, 3.63) is 0 Å². The van der Waals surface area contributed by atoms with Crippen LogP contribution in [0.2, 0.25) is 0 Å². The molecule has 28 heavy (non-hydrogen) atoms. The van der Waals surface area contributed by atoms with E-state index in [0.717, 1.165) is 12.8 Å². The van der Waals surface area contributed by atoms with Crippen LogP contribution >= 0.6 is 7.82 Å². The summed E-state index contributed by atoms with van der Waals surface area (Å²) in [6, 6.07) is 0. The summed E-state index contributed by atoms with van der Waals surface area (Å²) in [5.41, 5.74) is -0.927. The summed E-state index contributed by atoms with van der Waals surface area (Å²) in [6.07, 6.45) is 2.49. The molecule has 0 saturated heterocycles. The summed E-state index contributed by atoms with van der Waals surface area (Å²) in [6.45, 7) is 14.9. The lowest BCUT2D eigenvalue weighted by atomic mass is 9.58. The number of nitrogens with zero attached hydrogens (tertiary/aromatic N) is 1. The summed E-state index contributed by atoms with van der Waals surface area (Å²) in [4.78, 5) is 24.5. The quantitative estimate of drug-likeness (QED) is 0.250. The molecule has 0 aromatic carbocycles. The topological polar surface area (TPSA) is 85.3 Å². The smallest absolute Gasteiger partial charge is 0.463 e. The number of hydrogen-bond donors (Lipinski definition) is 1. The van der Waals surface area contributed by atoms with Crippen molar-refractivity contribution in [1.29, 1.82) is 0 Å². The van der Waals surface area contributed by atoms with Crippen molar-refractivity contribution in [2.45, 2.75) is 67.7 Å². The largest absolute Gasteiger partial charge is 0.472 e. The number of ether oxygens (including phenoxy) is 1. The minimum Gasteiger partial charge on any atom is -0.463 e. The molecule has 0 bridgehead atoms. The third kappa shape index (κ3) is 8.91. The van der Waals surface area contributed by atoms with Crippen molar-refractivity contribution in [3.63, 3.8) is 0 Å². The van der Waals surface area contributed by atoms with Crippen molar-refractivity contribution in [2.24, 2.45) is 16.2 Å². The van der Waals surface area contributed by atoms with Gasteiger partial charge in [0.1, 0.15) is 6.61 Å². The van der Waals surface area contributed by atoms with Crippen LogP contribution in [0.15, 0.2) is 0 Å². The Morgan fingerprint density at radius 3 is 1.96 bits per heavy atom. The van der Waals surface area contributed by atoms with E-state index in [4.69, 9.17) is 13.8 Å². The molecule has 7 nitrogen and oxygen atoms in total. The van der Waals surface area contributed by atoms with Gasteiger partial charge in [-0.2, -0.15) is 0 Å². The van der Waals surface area contributed by atoms with E-state index < -0.39 is 13.2 Å². The van der Waals surface area contributed by atoms with Crippen molar-refractivity contribution in [3.8, 4) is 0 Å². The first-order chi connectivity index (χ1) is 12.6. The first kappa shape index (κ1) is 27.5. The van der Waals surface area contributed by atoms with E-state index in [1.807, 2.05) is 25.9 Å². The molecule has 2 unspecified atom stereocenters. The van der Waals surface area contributed by atoms with E-state index >= 15 is 0 Å². The minimum atomic E-state index is -4.14. The minimum absolute atomic E-state index is 0.00219. The number of likely N-dealkylation sites (N-methyl/N-ethyl adjacent to an activating group) is 1. The molecule has 0 aliphatic rings. The van der Waals surface area contributed by atoms with Crippen LogP contribution in [-0.2, 0) is 23.1 Å². The fourth-order valence-corrected chi connectivity index (χ4v) is 3.57. The molecule has 0 spiro atoms. The average Bonchev–Trinajstić information content (AvgIpc) is 2.57. The van der Waals surface area contributed by atoms with Crippen LogP contribution in [0, 0.1) is 16.2 Å². The van der Waals surface area contributed by atoms with Gasteiger partial charge in [-0.3, -0.25) is 13.8 Å². The van der Waals surface area contributed by atoms with E-state index in [1.165, 1.54) is 0 Å².